The Hall–Kier alpha value is -2.18. The van der Waals surface area contributed by atoms with Gasteiger partial charge in [0.2, 0.25) is 10.0 Å². The van der Waals surface area contributed by atoms with Crippen LogP contribution in [0.2, 0.25) is 0 Å². The molecule has 0 amide bonds. The molecule has 0 heterocycles. The summed E-state index contributed by atoms with van der Waals surface area (Å²) in [4.78, 5) is 10.8. The van der Waals surface area contributed by atoms with E-state index in [1.165, 1.54) is 19.1 Å². The van der Waals surface area contributed by atoms with E-state index in [2.05, 4.69) is 4.72 Å². The van der Waals surface area contributed by atoms with E-state index in [9.17, 15) is 13.2 Å². The molecule has 0 aliphatic carbocycles. The minimum Gasteiger partial charge on any atom is -0.480 e. The smallest absolute Gasteiger partial charge is 0.321 e. The SMILES string of the molecule is CC(NS(=O)(=O)c1cccc(-c2ccccc2)c1)C(=O)O. The first-order valence-corrected chi connectivity index (χ1v) is 7.79. The summed E-state index contributed by atoms with van der Waals surface area (Å²) in [5, 5.41) is 8.80. The van der Waals surface area contributed by atoms with E-state index in [4.69, 9.17) is 5.11 Å². The summed E-state index contributed by atoms with van der Waals surface area (Å²) in [7, 11) is -3.87. The molecule has 1 atom stereocenters. The van der Waals surface area contributed by atoms with Gasteiger partial charge in [-0.1, -0.05) is 42.5 Å². The molecule has 0 aromatic heterocycles. The van der Waals surface area contributed by atoms with E-state index < -0.39 is 22.0 Å². The fraction of sp³-hybridized carbons (Fsp3) is 0.133. The van der Waals surface area contributed by atoms with E-state index in [1.807, 2.05) is 30.3 Å². The van der Waals surface area contributed by atoms with Crippen LogP contribution in [0.3, 0.4) is 0 Å². The number of sulfonamides is 1. The first-order valence-electron chi connectivity index (χ1n) is 6.31. The van der Waals surface area contributed by atoms with Gasteiger partial charge in [-0.3, -0.25) is 4.79 Å². The third kappa shape index (κ3) is 3.68. The fourth-order valence-corrected chi connectivity index (χ4v) is 3.07. The monoisotopic (exact) mass is 305 g/mol. The number of benzene rings is 2. The highest BCUT2D eigenvalue weighted by Gasteiger charge is 2.21. The molecule has 0 fully saturated rings. The summed E-state index contributed by atoms with van der Waals surface area (Å²) in [6.45, 7) is 1.28. The number of nitrogens with one attached hydrogen (secondary N) is 1. The van der Waals surface area contributed by atoms with Gasteiger partial charge in [0.1, 0.15) is 6.04 Å². The van der Waals surface area contributed by atoms with Crippen LogP contribution < -0.4 is 4.72 Å². The summed E-state index contributed by atoms with van der Waals surface area (Å²) in [5.41, 5.74) is 1.64. The van der Waals surface area contributed by atoms with Gasteiger partial charge in [-0.15, -0.1) is 0 Å². The van der Waals surface area contributed by atoms with Crippen molar-refractivity contribution in [3.8, 4) is 11.1 Å². The second kappa shape index (κ2) is 6.07. The Morgan fingerprint density at radius 3 is 2.29 bits per heavy atom. The lowest BCUT2D eigenvalue weighted by Crippen LogP contribution is -2.38. The zero-order valence-corrected chi connectivity index (χ0v) is 12.2. The van der Waals surface area contributed by atoms with Crippen LogP contribution in [-0.2, 0) is 14.8 Å². The molecule has 2 rings (SSSR count). The van der Waals surface area contributed by atoms with Crippen molar-refractivity contribution < 1.29 is 18.3 Å². The molecule has 0 aliphatic heterocycles. The van der Waals surface area contributed by atoms with Crippen molar-refractivity contribution in [2.24, 2.45) is 0 Å². The summed E-state index contributed by atoms with van der Waals surface area (Å²) in [6, 6.07) is 14.5. The third-order valence-corrected chi connectivity index (χ3v) is 4.49. The van der Waals surface area contributed by atoms with Gasteiger partial charge < -0.3 is 5.11 Å². The quantitative estimate of drug-likeness (QED) is 0.886. The minimum atomic E-state index is -3.87. The predicted octanol–water partition coefficient (Wildman–Crippen LogP) is 2.10. The molecule has 21 heavy (non-hydrogen) atoms. The number of carbonyl (C=O) groups is 1. The molecule has 0 saturated heterocycles. The molecular formula is C15H15NO4S. The van der Waals surface area contributed by atoms with Crippen LogP contribution in [0.15, 0.2) is 59.5 Å². The molecule has 1 unspecified atom stereocenters. The highest BCUT2D eigenvalue weighted by Crippen LogP contribution is 2.22. The molecule has 5 nitrogen and oxygen atoms in total. The molecule has 0 aliphatic rings. The third-order valence-electron chi connectivity index (χ3n) is 2.95. The number of carboxylic acid groups (broad SMARTS) is 1. The lowest BCUT2D eigenvalue weighted by atomic mass is 10.1. The number of carboxylic acids is 1. The number of rotatable bonds is 5. The average Bonchev–Trinajstić information content (AvgIpc) is 2.48. The van der Waals surface area contributed by atoms with E-state index in [0.717, 1.165) is 11.1 Å². The van der Waals surface area contributed by atoms with Gasteiger partial charge >= 0.3 is 5.97 Å². The summed E-state index contributed by atoms with van der Waals surface area (Å²) < 4.78 is 26.4. The van der Waals surface area contributed by atoms with Crippen molar-refractivity contribution in [1.29, 1.82) is 0 Å². The second-order valence-electron chi connectivity index (χ2n) is 4.58. The number of hydrogen-bond donors (Lipinski definition) is 2. The highest BCUT2D eigenvalue weighted by atomic mass is 32.2. The standard InChI is InChI=1S/C15H15NO4S/c1-11(15(17)18)16-21(19,20)14-9-5-8-13(10-14)12-6-3-2-4-7-12/h2-11,16H,1H3,(H,17,18). The molecular weight excluding hydrogens is 290 g/mol. The van der Waals surface area contributed by atoms with Gasteiger partial charge in [-0.2, -0.15) is 4.72 Å². The Kier molecular flexibility index (Phi) is 4.40. The van der Waals surface area contributed by atoms with Gasteiger partial charge in [0.25, 0.3) is 0 Å². The predicted molar refractivity (Wildman–Crippen MR) is 79.3 cm³/mol. The average molecular weight is 305 g/mol. The molecule has 110 valence electrons. The van der Waals surface area contributed by atoms with Crippen LogP contribution >= 0.6 is 0 Å². The van der Waals surface area contributed by atoms with Crippen molar-refractivity contribution in [3.63, 3.8) is 0 Å². The fourth-order valence-electron chi connectivity index (χ4n) is 1.82. The maximum atomic E-state index is 12.2. The molecule has 6 heteroatoms. The zero-order valence-electron chi connectivity index (χ0n) is 11.4. The largest absolute Gasteiger partial charge is 0.480 e. The van der Waals surface area contributed by atoms with Crippen LogP contribution in [0.5, 0.6) is 0 Å². The van der Waals surface area contributed by atoms with Gasteiger partial charge in [0.05, 0.1) is 4.90 Å². The Labute approximate surface area is 123 Å². The van der Waals surface area contributed by atoms with E-state index in [1.54, 1.807) is 12.1 Å². The first kappa shape index (κ1) is 15.2. The number of aliphatic carboxylic acids is 1. The highest BCUT2D eigenvalue weighted by molar-refractivity contribution is 7.89. The maximum absolute atomic E-state index is 12.2. The summed E-state index contributed by atoms with van der Waals surface area (Å²) in [5.74, 6) is -1.22. The minimum absolute atomic E-state index is 0.0388. The first-order chi connectivity index (χ1) is 9.90. The lowest BCUT2D eigenvalue weighted by Gasteiger charge is -2.11. The maximum Gasteiger partial charge on any atom is 0.321 e. The second-order valence-corrected chi connectivity index (χ2v) is 6.29. The van der Waals surface area contributed by atoms with Gasteiger partial charge in [0.15, 0.2) is 0 Å². The van der Waals surface area contributed by atoms with Crippen LogP contribution in [-0.4, -0.2) is 25.5 Å². The molecule has 2 aromatic carbocycles. The van der Waals surface area contributed by atoms with Crippen molar-refractivity contribution in [3.05, 3.63) is 54.6 Å². The molecule has 2 N–H and O–H groups in total. The normalized spacial score (nSPS) is 12.8. The lowest BCUT2D eigenvalue weighted by molar-refractivity contribution is -0.138. The molecule has 2 aromatic rings. The van der Waals surface area contributed by atoms with Crippen LogP contribution in [0, 0.1) is 0 Å². The molecule has 0 bridgehead atoms. The Bertz CT molecular complexity index is 741. The topological polar surface area (TPSA) is 83.5 Å². The molecule has 0 radical (unpaired) electrons. The Balaban J connectivity index is 2.35. The number of hydrogen-bond acceptors (Lipinski definition) is 3. The van der Waals surface area contributed by atoms with Crippen molar-refractivity contribution in [2.45, 2.75) is 17.9 Å². The van der Waals surface area contributed by atoms with Gasteiger partial charge in [-0.25, -0.2) is 8.42 Å². The van der Waals surface area contributed by atoms with Crippen molar-refractivity contribution >= 4 is 16.0 Å². The van der Waals surface area contributed by atoms with Crippen molar-refractivity contribution in [1.82, 2.24) is 4.72 Å². The zero-order chi connectivity index (χ0) is 15.5. The van der Waals surface area contributed by atoms with Crippen LogP contribution in [0.25, 0.3) is 11.1 Å². The van der Waals surface area contributed by atoms with Crippen LogP contribution in [0.4, 0.5) is 0 Å². The van der Waals surface area contributed by atoms with E-state index >= 15 is 0 Å². The summed E-state index contributed by atoms with van der Waals surface area (Å²) in [6.07, 6.45) is 0. The van der Waals surface area contributed by atoms with Crippen LogP contribution in [0.1, 0.15) is 6.92 Å². The van der Waals surface area contributed by atoms with Gasteiger partial charge in [-0.05, 0) is 30.2 Å². The van der Waals surface area contributed by atoms with E-state index in [-0.39, 0.29) is 4.90 Å². The van der Waals surface area contributed by atoms with Gasteiger partial charge in [0, 0.05) is 0 Å². The Morgan fingerprint density at radius 1 is 1.05 bits per heavy atom. The van der Waals surface area contributed by atoms with E-state index in [0.29, 0.717) is 0 Å². The summed E-state index contributed by atoms with van der Waals surface area (Å²) >= 11 is 0. The molecule has 0 spiro atoms. The Morgan fingerprint density at radius 2 is 1.67 bits per heavy atom. The molecule has 0 saturated carbocycles. The van der Waals surface area contributed by atoms with Crippen molar-refractivity contribution in [2.75, 3.05) is 0 Å².